The second-order valence-electron chi connectivity index (χ2n) is 16.5. The summed E-state index contributed by atoms with van der Waals surface area (Å²) in [5, 5.41) is 3.49. The monoisotopic (exact) mass is 833 g/mol. The van der Waals surface area contributed by atoms with Crippen molar-refractivity contribution in [2.24, 2.45) is 5.41 Å². The van der Waals surface area contributed by atoms with E-state index >= 15 is 4.79 Å². The molecule has 1 heterocycles. The van der Waals surface area contributed by atoms with Crippen LogP contribution in [0.15, 0.2) is 146 Å². The van der Waals surface area contributed by atoms with Crippen LogP contribution in [0, 0.1) is 5.41 Å². The van der Waals surface area contributed by atoms with Crippen LogP contribution in [0.4, 0.5) is 0 Å². The van der Waals surface area contributed by atoms with E-state index in [2.05, 4.69) is 124 Å². The van der Waals surface area contributed by atoms with Gasteiger partial charge in [0.1, 0.15) is 5.75 Å². The van der Waals surface area contributed by atoms with E-state index < -0.39 is 13.7 Å². The SMILES string of the molecule is C=CC[C@]1(CCOCc2ccc(OC)cc2)C[C@H](c2cccc(Cl)c2)[C@@H](c2ccc(Cl)cc2)N([C@@H](CC)CO[Si](c2ccccc2)(c2ccccc2)C(C)(C)C)C1=O. The molecule has 1 saturated heterocycles. The van der Waals surface area contributed by atoms with E-state index in [0.717, 1.165) is 22.4 Å². The molecule has 0 aromatic heterocycles. The number of halogens is 2. The average molecular weight is 835 g/mol. The second kappa shape index (κ2) is 19.3. The standard InChI is InChI=1S/C50H57Cl2NO4Si/c1-7-30-50(31-32-56-35-37-22-28-43(55-6)29-23-37)34-46(39-16-15-17-41(52)33-39)47(38-24-26-40(51)27-25-38)53(48(50)54)42(8-2)36-57-58(49(3,4)5,44-18-11-9-12-19-44)45-20-13-10-14-21-45/h7,9-29,33,42,46-47H,1,8,30-32,34-36H2,2-6H3/t42-,46+,47+,50-/m0/s1. The van der Waals surface area contributed by atoms with Crippen LogP contribution in [0.1, 0.15) is 82.0 Å². The lowest BCUT2D eigenvalue weighted by atomic mass is 9.64. The molecule has 1 aliphatic heterocycles. The number of ether oxygens (including phenoxy) is 2. The molecule has 1 aliphatic rings. The first kappa shape index (κ1) is 43.4. The fourth-order valence-corrected chi connectivity index (χ4v) is 13.9. The van der Waals surface area contributed by atoms with Crippen LogP contribution < -0.4 is 15.1 Å². The first-order valence-corrected chi connectivity index (χ1v) is 23.0. The number of hydrogen-bond donors (Lipinski definition) is 0. The van der Waals surface area contributed by atoms with Crippen molar-refractivity contribution in [1.82, 2.24) is 4.90 Å². The molecule has 1 amide bonds. The zero-order valence-electron chi connectivity index (χ0n) is 34.5. The van der Waals surface area contributed by atoms with Gasteiger partial charge in [0, 0.05) is 22.6 Å². The summed E-state index contributed by atoms with van der Waals surface area (Å²) >= 11 is 13.3. The normalized spacial score (nSPS) is 19.2. The molecule has 5 aromatic rings. The Bertz CT molecular complexity index is 2050. The van der Waals surface area contributed by atoms with E-state index in [1.807, 2.05) is 54.6 Å². The maximum Gasteiger partial charge on any atom is 0.261 e. The van der Waals surface area contributed by atoms with Gasteiger partial charge in [-0.2, -0.15) is 0 Å². The molecule has 58 heavy (non-hydrogen) atoms. The molecule has 4 atom stereocenters. The number of amides is 1. The van der Waals surface area contributed by atoms with E-state index in [-0.39, 0.29) is 28.9 Å². The zero-order chi connectivity index (χ0) is 41.3. The molecule has 8 heteroatoms. The summed E-state index contributed by atoms with van der Waals surface area (Å²) in [5.41, 5.74) is 2.36. The summed E-state index contributed by atoms with van der Waals surface area (Å²) in [7, 11) is -1.28. The predicted octanol–water partition coefficient (Wildman–Crippen LogP) is 11.6. The molecular formula is C50H57Cl2NO4Si. The molecule has 0 aliphatic carbocycles. The number of carbonyl (C=O) groups is 1. The number of hydrogen-bond acceptors (Lipinski definition) is 4. The minimum absolute atomic E-state index is 0.0940. The largest absolute Gasteiger partial charge is 0.497 e. The molecule has 304 valence electrons. The van der Waals surface area contributed by atoms with Crippen molar-refractivity contribution >= 4 is 47.8 Å². The van der Waals surface area contributed by atoms with Gasteiger partial charge < -0.3 is 18.8 Å². The minimum Gasteiger partial charge on any atom is -0.497 e. The van der Waals surface area contributed by atoms with Gasteiger partial charge in [-0.1, -0.05) is 154 Å². The minimum atomic E-state index is -2.94. The second-order valence-corrected chi connectivity index (χ2v) is 21.7. The smallest absolute Gasteiger partial charge is 0.261 e. The quantitative estimate of drug-likeness (QED) is 0.0532. The van der Waals surface area contributed by atoms with Crippen molar-refractivity contribution in [1.29, 1.82) is 0 Å². The number of benzene rings is 5. The third-order valence-electron chi connectivity index (χ3n) is 11.9. The lowest BCUT2D eigenvalue weighted by Gasteiger charge is -2.53. The Morgan fingerprint density at radius 2 is 1.48 bits per heavy atom. The van der Waals surface area contributed by atoms with Crippen LogP contribution in [0.5, 0.6) is 5.75 Å². The number of likely N-dealkylation sites (tertiary alicyclic amines) is 1. The number of rotatable bonds is 17. The Labute approximate surface area is 357 Å². The molecule has 0 bridgehead atoms. The van der Waals surface area contributed by atoms with E-state index in [1.165, 1.54) is 10.4 Å². The Kier molecular flexibility index (Phi) is 14.4. The van der Waals surface area contributed by atoms with Gasteiger partial charge in [0.25, 0.3) is 8.32 Å². The van der Waals surface area contributed by atoms with Gasteiger partial charge >= 0.3 is 0 Å². The number of piperidine rings is 1. The molecule has 0 radical (unpaired) electrons. The van der Waals surface area contributed by atoms with Crippen LogP contribution in [-0.4, -0.2) is 45.5 Å². The van der Waals surface area contributed by atoms with Crippen molar-refractivity contribution < 1.29 is 18.7 Å². The molecule has 5 aromatic carbocycles. The third-order valence-corrected chi connectivity index (χ3v) is 17.4. The summed E-state index contributed by atoms with van der Waals surface area (Å²) in [5.74, 6) is 0.797. The van der Waals surface area contributed by atoms with Crippen molar-refractivity contribution in [3.05, 3.63) is 173 Å². The van der Waals surface area contributed by atoms with Gasteiger partial charge in [0.05, 0.1) is 37.8 Å². The molecule has 1 fully saturated rings. The van der Waals surface area contributed by atoms with Crippen LogP contribution in [0.2, 0.25) is 15.1 Å². The highest BCUT2D eigenvalue weighted by Crippen LogP contribution is 2.54. The van der Waals surface area contributed by atoms with E-state index in [4.69, 9.17) is 37.1 Å². The van der Waals surface area contributed by atoms with Crippen molar-refractivity contribution in [2.45, 2.75) is 83.0 Å². The molecule has 0 N–H and O–H groups in total. The first-order valence-electron chi connectivity index (χ1n) is 20.4. The Morgan fingerprint density at radius 3 is 2.03 bits per heavy atom. The Balaban J connectivity index is 1.45. The first-order chi connectivity index (χ1) is 28.0. The van der Waals surface area contributed by atoms with Crippen LogP contribution in [-0.2, 0) is 20.6 Å². The van der Waals surface area contributed by atoms with E-state index in [0.29, 0.717) is 55.5 Å². The highest BCUT2D eigenvalue weighted by molar-refractivity contribution is 6.99. The summed E-state index contributed by atoms with van der Waals surface area (Å²) in [6.07, 6.45) is 4.22. The number of allylic oxidation sites excluding steroid dienone is 1. The summed E-state index contributed by atoms with van der Waals surface area (Å²) in [6.45, 7) is 14.4. The Morgan fingerprint density at radius 1 is 0.845 bits per heavy atom. The number of nitrogens with zero attached hydrogens (tertiary/aromatic N) is 1. The molecular weight excluding hydrogens is 778 g/mol. The Hall–Kier alpha value is -4.17. The van der Waals surface area contributed by atoms with Gasteiger partial charge in [-0.15, -0.1) is 6.58 Å². The van der Waals surface area contributed by atoms with Gasteiger partial charge in [-0.3, -0.25) is 4.79 Å². The molecule has 0 spiro atoms. The lowest BCUT2D eigenvalue weighted by Crippen LogP contribution is -2.68. The van der Waals surface area contributed by atoms with Crippen LogP contribution in [0.25, 0.3) is 0 Å². The van der Waals surface area contributed by atoms with Crippen LogP contribution >= 0.6 is 23.2 Å². The third kappa shape index (κ3) is 9.32. The van der Waals surface area contributed by atoms with Crippen molar-refractivity contribution in [2.75, 3.05) is 20.3 Å². The van der Waals surface area contributed by atoms with E-state index in [9.17, 15) is 0 Å². The average Bonchev–Trinajstić information content (AvgIpc) is 3.23. The maximum atomic E-state index is 15.8. The van der Waals surface area contributed by atoms with E-state index in [1.54, 1.807) is 7.11 Å². The van der Waals surface area contributed by atoms with Crippen LogP contribution in [0.3, 0.4) is 0 Å². The predicted molar refractivity (Wildman–Crippen MR) is 242 cm³/mol. The zero-order valence-corrected chi connectivity index (χ0v) is 37.0. The van der Waals surface area contributed by atoms with Gasteiger partial charge in [-0.05, 0) is 94.2 Å². The molecule has 0 unspecified atom stereocenters. The highest BCUT2D eigenvalue weighted by atomic mass is 35.5. The number of carbonyl (C=O) groups excluding carboxylic acids is 1. The molecule has 6 rings (SSSR count). The van der Waals surface area contributed by atoms with Crippen molar-refractivity contribution in [3.63, 3.8) is 0 Å². The summed E-state index contributed by atoms with van der Waals surface area (Å²) < 4.78 is 19.3. The number of methoxy groups -OCH3 is 1. The topological polar surface area (TPSA) is 48.0 Å². The maximum absolute atomic E-state index is 15.8. The summed E-state index contributed by atoms with van der Waals surface area (Å²) in [6, 6.07) is 44.8. The fourth-order valence-electron chi connectivity index (χ4n) is 9.01. The van der Waals surface area contributed by atoms with Crippen molar-refractivity contribution in [3.8, 4) is 5.75 Å². The molecule has 0 saturated carbocycles. The highest BCUT2D eigenvalue weighted by Gasteiger charge is 2.55. The van der Waals surface area contributed by atoms with Gasteiger partial charge in [0.2, 0.25) is 5.91 Å². The lowest BCUT2D eigenvalue weighted by molar-refractivity contribution is -0.158. The molecule has 5 nitrogen and oxygen atoms in total. The van der Waals surface area contributed by atoms with Gasteiger partial charge in [0.15, 0.2) is 0 Å². The summed E-state index contributed by atoms with van der Waals surface area (Å²) in [4.78, 5) is 18.0. The fraction of sp³-hybridized carbons (Fsp3) is 0.340. The van der Waals surface area contributed by atoms with Gasteiger partial charge in [-0.25, -0.2) is 0 Å².